The Labute approximate surface area is 155 Å². The molecule has 2 aromatic rings. The molecular formula is C18H19F3N2O3S. The number of halogens is 3. The van der Waals surface area contributed by atoms with Gasteiger partial charge < -0.3 is 5.32 Å². The van der Waals surface area contributed by atoms with Gasteiger partial charge in [0.15, 0.2) is 0 Å². The molecule has 0 aliphatic heterocycles. The molecular weight excluding hydrogens is 381 g/mol. The normalized spacial score (nSPS) is 12.0. The number of benzene rings is 2. The Morgan fingerprint density at radius 3 is 2.19 bits per heavy atom. The van der Waals surface area contributed by atoms with Crippen LogP contribution in [0.4, 0.5) is 18.9 Å². The number of aryl methyl sites for hydroxylation is 2. The van der Waals surface area contributed by atoms with Crippen LogP contribution in [0.5, 0.6) is 0 Å². The molecule has 0 saturated carbocycles. The van der Waals surface area contributed by atoms with E-state index in [1.54, 1.807) is 19.1 Å². The highest BCUT2D eigenvalue weighted by Gasteiger charge is 2.30. The lowest BCUT2D eigenvalue weighted by Gasteiger charge is -2.10. The average Bonchev–Trinajstić information content (AvgIpc) is 2.56. The molecule has 0 radical (unpaired) electrons. The molecule has 27 heavy (non-hydrogen) atoms. The summed E-state index contributed by atoms with van der Waals surface area (Å²) < 4.78 is 64.3. The first-order valence-corrected chi connectivity index (χ1v) is 9.51. The van der Waals surface area contributed by atoms with Gasteiger partial charge in [0, 0.05) is 18.7 Å². The molecule has 1 amide bonds. The lowest BCUT2D eigenvalue weighted by Crippen LogP contribution is -2.28. The standard InChI is InChI=1S/C18H19F3N2O3S/c1-12-3-8-16(11-13(12)2)27(25,26)22-10-9-17(24)23-15-6-4-14(5-7-15)18(19,20)21/h3-8,11,22H,9-10H2,1-2H3,(H,23,24). The average molecular weight is 400 g/mol. The zero-order valence-corrected chi connectivity index (χ0v) is 15.5. The highest BCUT2D eigenvalue weighted by atomic mass is 32.2. The Hall–Kier alpha value is -2.39. The minimum absolute atomic E-state index is 0.105. The molecule has 0 unspecified atom stereocenters. The fourth-order valence-corrected chi connectivity index (χ4v) is 3.35. The van der Waals surface area contributed by atoms with Crippen molar-refractivity contribution in [3.8, 4) is 0 Å². The Bertz CT molecular complexity index is 924. The van der Waals surface area contributed by atoms with Gasteiger partial charge in [-0.3, -0.25) is 4.79 Å². The summed E-state index contributed by atoms with van der Waals surface area (Å²) in [6.07, 6.45) is -4.61. The van der Waals surface area contributed by atoms with Gasteiger partial charge in [-0.1, -0.05) is 6.07 Å². The second kappa shape index (κ2) is 8.10. The molecule has 0 aliphatic carbocycles. The van der Waals surface area contributed by atoms with E-state index in [1.807, 2.05) is 6.92 Å². The number of hydrogen-bond donors (Lipinski definition) is 2. The Morgan fingerprint density at radius 2 is 1.63 bits per heavy atom. The first kappa shape index (κ1) is 20.9. The largest absolute Gasteiger partial charge is 0.416 e. The highest BCUT2D eigenvalue weighted by molar-refractivity contribution is 7.89. The number of amides is 1. The van der Waals surface area contributed by atoms with Crippen molar-refractivity contribution >= 4 is 21.6 Å². The van der Waals surface area contributed by atoms with Crippen molar-refractivity contribution in [2.45, 2.75) is 31.3 Å². The maximum absolute atomic E-state index is 12.5. The summed E-state index contributed by atoms with van der Waals surface area (Å²) in [4.78, 5) is 12.0. The molecule has 0 spiro atoms. The van der Waals surface area contributed by atoms with Gasteiger partial charge in [-0.25, -0.2) is 13.1 Å². The van der Waals surface area contributed by atoms with Gasteiger partial charge in [-0.05, 0) is 61.4 Å². The number of alkyl halides is 3. The molecule has 2 aromatic carbocycles. The van der Waals surface area contributed by atoms with E-state index in [-0.39, 0.29) is 23.5 Å². The zero-order chi connectivity index (χ0) is 20.2. The minimum Gasteiger partial charge on any atom is -0.326 e. The number of sulfonamides is 1. The quantitative estimate of drug-likeness (QED) is 0.778. The van der Waals surface area contributed by atoms with Crippen LogP contribution in [0, 0.1) is 13.8 Å². The van der Waals surface area contributed by atoms with Crippen LogP contribution in [0.2, 0.25) is 0 Å². The summed E-state index contributed by atoms with van der Waals surface area (Å²) in [6, 6.07) is 8.71. The van der Waals surface area contributed by atoms with Crippen molar-refractivity contribution in [3.05, 3.63) is 59.2 Å². The first-order chi connectivity index (χ1) is 12.5. The molecule has 0 atom stereocenters. The maximum Gasteiger partial charge on any atom is 0.416 e. The molecule has 0 aliphatic rings. The third-order valence-corrected chi connectivity index (χ3v) is 5.39. The topological polar surface area (TPSA) is 75.3 Å². The van der Waals surface area contributed by atoms with Crippen molar-refractivity contribution in [3.63, 3.8) is 0 Å². The second-order valence-corrected chi connectivity index (χ2v) is 7.78. The number of anilines is 1. The summed E-state index contributed by atoms with van der Waals surface area (Å²) in [5.41, 5.74) is 1.18. The third-order valence-electron chi connectivity index (χ3n) is 3.93. The first-order valence-electron chi connectivity index (χ1n) is 8.03. The van der Waals surface area contributed by atoms with Crippen LogP contribution < -0.4 is 10.0 Å². The SMILES string of the molecule is Cc1ccc(S(=O)(=O)NCCC(=O)Nc2ccc(C(F)(F)F)cc2)cc1C. The summed E-state index contributed by atoms with van der Waals surface area (Å²) in [7, 11) is -3.75. The van der Waals surface area contributed by atoms with Crippen molar-refractivity contribution in [2.24, 2.45) is 0 Å². The van der Waals surface area contributed by atoms with Crippen molar-refractivity contribution in [1.82, 2.24) is 4.72 Å². The summed E-state index contributed by atoms with van der Waals surface area (Å²) in [5, 5.41) is 2.42. The molecule has 0 aromatic heterocycles. The summed E-state index contributed by atoms with van der Waals surface area (Å²) in [6.45, 7) is 3.53. The number of rotatable bonds is 6. The van der Waals surface area contributed by atoms with Gasteiger partial charge >= 0.3 is 6.18 Å². The number of carbonyl (C=O) groups is 1. The van der Waals surface area contributed by atoms with Gasteiger partial charge in [0.05, 0.1) is 10.5 Å². The smallest absolute Gasteiger partial charge is 0.326 e. The molecule has 5 nitrogen and oxygen atoms in total. The van der Waals surface area contributed by atoms with Crippen molar-refractivity contribution in [1.29, 1.82) is 0 Å². The Kier molecular flexibility index (Phi) is 6.27. The molecule has 0 bridgehead atoms. The van der Waals surface area contributed by atoms with E-state index in [0.717, 1.165) is 35.4 Å². The third kappa shape index (κ3) is 5.80. The monoisotopic (exact) mass is 400 g/mol. The minimum atomic E-state index is -4.45. The Balaban J connectivity index is 1.89. The van der Waals surface area contributed by atoms with Crippen LogP contribution in [-0.2, 0) is 21.0 Å². The van der Waals surface area contributed by atoms with Crippen molar-refractivity contribution < 1.29 is 26.4 Å². The van der Waals surface area contributed by atoms with E-state index >= 15 is 0 Å². The van der Waals surface area contributed by atoms with Gasteiger partial charge in [0.1, 0.15) is 0 Å². The number of nitrogens with one attached hydrogen (secondary N) is 2. The van der Waals surface area contributed by atoms with Gasteiger partial charge in [-0.15, -0.1) is 0 Å². The van der Waals surface area contributed by atoms with Gasteiger partial charge in [0.2, 0.25) is 15.9 Å². The predicted molar refractivity (Wildman–Crippen MR) is 95.8 cm³/mol. The highest BCUT2D eigenvalue weighted by Crippen LogP contribution is 2.29. The molecule has 9 heteroatoms. The number of carbonyl (C=O) groups excluding carboxylic acids is 1. The van der Waals surface area contributed by atoms with Gasteiger partial charge in [-0.2, -0.15) is 13.2 Å². The van der Waals surface area contributed by atoms with E-state index in [9.17, 15) is 26.4 Å². The van der Waals surface area contributed by atoms with Crippen LogP contribution in [0.3, 0.4) is 0 Å². The van der Waals surface area contributed by atoms with Crippen LogP contribution in [-0.4, -0.2) is 20.9 Å². The summed E-state index contributed by atoms with van der Waals surface area (Å²) in [5.74, 6) is -0.516. The van der Waals surface area contributed by atoms with E-state index in [0.29, 0.717) is 0 Å². The van der Waals surface area contributed by atoms with E-state index in [1.165, 1.54) is 6.07 Å². The van der Waals surface area contributed by atoms with E-state index < -0.39 is 27.7 Å². The van der Waals surface area contributed by atoms with Crippen LogP contribution in [0.25, 0.3) is 0 Å². The summed E-state index contributed by atoms with van der Waals surface area (Å²) >= 11 is 0. The molecule has 2 N–H and O–H groups in total. The van der Waals surface area contributed by atoms with Crippen LogP contribution in [0.1, 0.15) is 23.1 Å². The molecule has 0 heterocycles. The Morgan fingerprint density at radius 1 is 1.00 bits per heavy atom. The van der Waals surface area contributed by atoms with Gasteiger partial charge in [0.25, 0.3) is 0 Å². The molecule has 146 valence electrons. The fourth-order valence-electron chi connectivity index (χ4n) is 2.23. The van der Waals surface area contributed by atoms with Crippen LogP contribution >= 0.6 is 0 Å². The second-order valence-electron chi connectivity index (χ2n) is 6.02. The molecule has 0 saturated heterocycles. The molecule has 0 fully saturated rings. The lowest BCUT2D eigenvalue weighted by molar-refractivity contribution is -0.137. The lowest BCUT2D eigenvalue weighted by atomic mass is 10.1. The number of hydrogen-bond acceptors (Lipinski definition) is 3. The van der Waals surface area contributed by atoms with Crippen molar-refractivity contribution in [2.75, 3.05) is 11.9 Å². The van der Waals surface area contributed by atoms with Crippen LogP contribution in [0.15, 0.2) is 47.4 Å². The maximum atomic E-state index is 12.5. The van der Waals surface area contributed by atoms with E-state index in [2.05, 4.69) is 10.0 Å². The predicted octanol–water partition coefficient (Wildman–Crippen LogP) is 3.63. The fraction of sp³-hybridized carbons (Fsp3) is 0.278. The molecule has 2 rings (SSSR count). The zero-order valence-electron chi connectivity index (χ0n) is 14.7. The van der Waals surface area contributed by atoms with E-state index in [4.69, 9.17) is 0 Å².